The average molecular weight is 462 g/mol. The van der Waals surface area contributed by atoms with E-state index in [1.54, 1.807) is 12.3 Å². The fourth-order valence-corrected chi connectivity index (χ4v) is 5.27. The third-order valence-corrected chi connectivity index (χ3v) is 7.06. The second-order valence-corrected chi connectivity index (χ2v) is 9.66. The maximum absolute atomic E-state index is 12.7. The predicted molar refractivity (Wildman–Crippen MR) is 132 cm³/mol. The van der Waals surface area contributed by atoms with Gasteiger partial charge in [-0.1, -0.05) is 57.2 Å². The molecule has 0 radical (unpaired) electrons. The highest BCUT2D eigenvalue weighted by atomic mass is 16.5. The van der Waals surface area contributed by atoms with Crippen LogP contribution in [-0.4, -0.2) is 40.9 Å². The molecule has 34 heavy (non-hydrogen) atoms. The number of nitrogens with one attached hydrogen (secondary N) is 1. The maximum Gasteiger partial charge on any atom is 0.246 e. The Hall–Kier alpha value is -2.99. The summed E-state index contributed by atoms with van der Waals surface area (Å²) in [6.07, 6.45) is 9.01. The van der Waals surface area contributed by atoms with Crippen molar-refractivity contribution < 1.29 is 14.3 Å². The van der Waals surface area contributed by atoms with Gasteiger partial charge in [-0.15, -0.1) is 0 Å². The first-order chi connectivity index (χ1) is 16.4. The van der Waals surface area contributed by atoms with E-state index in [1.807, 2.05) is 42.3 Å². The number of carbonyl (C=O) groups excluding carboxylic acids is 2. The van der Waals surface area contributed by atoms with Crippen LogP contribution in [0.2, 0.25) is 0 Å². The smallest absolute Gasteiger partial charge is 0.246 e. The van der Waals surface area contributed by atoms with Crippen molar-refractivity contribution in [2.75, 3.05) is 13.1 Å². The van der Waals surface area contributed by atoms with Crippen LogP contribution in [0.1, 0.15) is 62.8 Å². The van der Waals surface area contributed by atoms with Crippen LogP contribution in [0.5, 0.6) is 0 Å². The van der Waals surface area contributed by atoms with Gasteiger partial charge in [0.05, 0.1) is 18.8 Å². The molecule has 2 aliphatic rings. The molecule has 6 heteroatoms. The number of ether oxygens (including phenoxy) is 1. The lowest BCUT2D eigenvalue weighted by Crippen LogP contribution is -2.51. The first-order valence-corrected chi connectivity index (χ1v) is 12.3. The molecular weight excluding hydrogens is 426 g/mol. The zero-order valence-corrected chi connectivity index (χ0v) is 20.4. The Morgan fingerprint density at radius 3 is 2.65 bits per heavy atom. The summed E-state index contributed by atoms with van der Waals surface area (Å²) in [6.45, 7) is 7.76. The summed E-state index contributed by atoms with van der Waals surface area (Å²) in [5, 5.41) is 3.24. The molecule has 180 valence electrons. The SMILES string of the molecule is CCC(=O)N[C@@H]1c2ccccc2C2(CCN(C(=O)/C=C/C(C)C)CC2)[C@H]1OCc1cccnc1. The topological polar surface area (TPSA) is 71.5 Å². The van der Waals surface area contributed by atoms with E-state index in [2.05, 4.69) is 42.3 Å². The molecule has 2 aromatic rings. The third-order valence-electron chi connectivity index (χ3n) is 7.06. The molecular formula is C28H35N3O3. The second kappa shape index (κ2) is 10.5. The van der Waals surface area contributed by atoms with Crippen molar-refractivity contribution >= 4 is 11.8 Å². The minimum absolute atomic E-state index is 0.0123. The van der Waals surface area contributed by atoms with Crippen LogP contribution >= 0.6 is 0 Å². The zero-order chi connectivity index (χ0) is 24.1. The number of pyridine rings is 1. The lowest BCUT2D eigenvalue weighted by Gasteiger charge is -2.44. The number of hydrogen-bond acceptors (Lipinski definition) is 4. The molecule has 1 saturated heterocycles. The fourth-order valence-electron chi connectivity index (χ4n) is 5.27. The number of hydrogen-bond donors (Lipinski definition) is 1. The number of amides is 2. The van der Waals surface area contributed by atoms with E-state index in [1.165, 1.54) is 5.56 Å². The van der Waals surface area contributed by atoms with Crippen molar-refractivity contribution in [1.82, 2.24) is 15.2 Å². The molecule has 2 atom stereocenters. The molecule has 1 aromatic carbocycles. The van der Waals surface area contributed by atoms with Crippen LogP contribution in [0.15, 0.2) is 60.9 Å². The van der Waals surface area contributed by atoms with E-state index >= 15 is 0 Å². The highest BCUT2D eigenvalue weighted by Gasteiger charge is 2.54. The lowest BCUT2D eigenvalue weighted by molar-refractivity contribution is -0.129. The van der Waals surface area contributed by atoms with Crippen molar-refractivity contribution in [3.63, 3.8) is 0 Å². The zero-order valence-electron chi connectivity index (χ0n) is 20.4. The van der Waals surface area contributed by atoms with E-state index in [0.29, 0.717) is 32.0 Å². The molecule has 1 fully saturated rings. The van der Waals surface area contributed by atoms with Gasteiger partial charge in [0.25, 0.3) is 0 Å². The highest BCUT2D eigenvalue weighted by Crippen LogP contribution is 2.52. The van der Waals surface area contributed by atoms with Crippen molar-refractivity contribution in [2.24, 2.45) is 5.92 Å². The number of likely N-dealkylation sites (tertiary alicyclic amines) is 1. The molecule has 0 saturated carbocycles. The Balaban J connectivity index is 1.63. The Morgan fingerprint density at radius 2 is 1.97 bits per heavy atom. The first-order valence-electron chi connectivity index (χ1n) is 12.3. The number of piperidine rings is 1. The minimum atomic E-state index is -0.261. The van der Waals surface area contributed by atoms with Gasteiger partial charge < -0.3 is 15.0 Å². The number of allylic oxidation sites excluding steroid dienone is 1. The molecule has 1 aliphatic carbocycles. The number of fused-ring (bicyclic) bond motifs is 2. The Morgan fingerprint density at radius 1 is 1.21 bits per heavy atom. The number of aromatic nitrogens is 1. The Bertz CT molecular complexity index is 1030. The summed E-state index contributed by atoms with van der Waals surface area (Å²) in [5.41, 5.74) is 3.10. The normalized spacial score (nSPS) is 21.2. The number of rotatable bonds is 7. The molecule has 6 nitrogen and oxygen atoms in total. The van der Waals surface area contributed by atoms with Gasteiger partial charge in [0.15, 0.2) is 0 Å². The monoisotopic (exact) mass is 461 g/mol. The van der Waals surface area contributed by atoms with Gasteiger partial charge in [-0.2, -0.15) is 0 Å². The van der Waals surface area contributed by atoms with Crippen LogP contribution in [0.3, 0.4) is 0 Å². The standard InChI is InChI=1S/C28H35N3O3/c1-4-24(32)30-26-22-9-5-6-10-23(22)28(27(26)34-19-21-8-7-15-29-18-21)13-16-31(17-14-28)25(33)12-11-20(2)3/h5-12,15,18,20,26-27H,4,13-14,16-17,19H2,1-3H3,(H,30,32)/b12-11+/t26-,27+/m1/s1. The van der Waals surface area contributed by atoms with Gasteiger partial charge in [0.1, 0.15) is 0 Å². The fraction of sp³-hybridized carbons (Fsp3) is 0.464. The second-order valence-electron chi connectivity index (χ2n) is 9.66. The first kappa shape index (κ1) is 24.1. The van der Waals surface area contributed by atoms with Gasteiger partial charge in [0.2, 0.25) is 11.8 Å². The van der Waals surface area contributed by atoms with E-state index in [0.717, 1.165) is 24.0 Å². The van der Waals surface area contributed by atoms with Crippen LogP contribution in [-0.2, 0) is 26.3 Å². The number of carbonyl (C=O) groups is 2. The molecule has 1 spiro atoms. The van der Waals surface area contributed by atoms with Crippen molar-refractivity contribution in [3.8, 4) is 0 Å². The summed E-state index contributed by atoms with van der Waals surface area (Å²) in [5.74, 6) is 0.423. The Kier molecular flexibility index (Phi) is 7.47. The lowest BCUT2D eigenvalue weighted by atomic mass is 9.71. The van der Waals surface area contributed by atoms with E-state index in [-0.39, 0.29) is 29.4 Å². The van der Waals surface area contributed by atoms with Crippen LogP contribution in [0.25, 0.3) is 0 Å². The summed E-state index contributed by atoms with van der Waals surface area (Å²) in [4.78, 5) is 31.4. The van der Waals surface area contributed by atoms with Crippen molar-refractivity contribution in [3.05, 3.63) is 77.6 Å². The van der Waals surface area contributed by atoms with E-state index in [4.69, 9.17) is 4.74 Å². The molecule has 2 amide bonds. The molecule has 2 heterocycles. The van der Waals surface area contributed by atoms with Crippen molar-refractivity contribution in [1.29, 1.82) is 0 Å². The quantitative estimate of drug-likeness (QED) is 0.624. The van der Waals surface area contributed by atoms with E-state index in [9.17, 15) is 9.59 Å². The Labute approximate surface area is 202 Å². The summed E-state index contributed by atoms with van der Waals surface area (Å²) in [6, 6.07) is 12.1. The van der Waals surface area contributed by atoms with Crippen LogP contribution < -0.4 is 5.32 Å². The van der Waals surface area contributed by atoms with E-state index < -0.39 is 0 Å². The average Bonchev–Trinajstić information content (AvgIpc) is 3.10. The van der Waals surface area contributed by atoms with Gasteiger partial charge in [-0.25, -0.2) is 0 Å². The number of nitrogens with zero attached hydrogens (tertiary/aromatic N) is 2. The van der Waals surface area contributed by atoms with Gasteiger partial charge in [-0.3, -0.25) is 14.6 Å². The minimum Gasteiger partial charge on any atom is -0.370 e. The maximum atomic E-state index is 12.7. The molecule has 4 rings (SSSR count). The van der Waals surface area contributed by atoms with Crippen LogP contribution in [0.4, 0.5) is 0 Å². The largest absolute Gasteiger partial charge is 0.370 e. The summed E-state index contributed by atoms with van der Waals surface area (Å²) < 4.78 is 6.63. The van der Waals surface area contributed by atoms with Crippen molar-refractivity contribution in [2.45, 2.75) is 64.2 Å². The highest BCUT2D eigenvalue weighted by molar-refractivity contribution is 5.87. The molecule has 0 bridgehead atoms. The van der Waals surface area contributed by atoms with Crippen LogP contribution in [0, 0.1) is 5.92 Å². The van der Waals surface area contributed by atoms with Gasteiger partial charge in [-0.05, 0) is 47.6 Å². The predicted octanol–water partition coefficient (Wildman–Crippen LogP) is 4.32. The third kappa shape index (κ3) is 4.92. The molecule has 1 aromatic heterocycles. The molecule has 0 unspecified atom stereocenters. The molecule has 1 aliphatic heterocycles. The van der Waals surface area contributed by atoms with Gasteiger partial charge in [0, 0.05) is 37.3 Å². The van der Waals surface area contributed by atoms with Gasteiger partial charge >= 0.3 is 0 Å². The summed E-state index contributed by atoms with van der Waals surface area (Å²) >= 11 is 0. The number of benzene rings is 1. The summed E-state index contributed by atoms with van der Waals surface area (Å²) in [7, 11) is 0. The molecule has 1 N–H and O–H groups in total.